The molecule has 0 amide bonds. The number of esters is 1. The molecule has 1 aliphatic heterocycles. The Morgan fingerprint density at radius 1 is 1.22 bits per heavy atom. The summed E-state index contributed by atoms with van der Waals surface area (Å²) in [6, 6.07) is 11.6. The fourth-order valence-corrected chi connectivity index (χ4v) is 4.08. The monoisotopic (exact) mass is 451 g/mol. The third-order valence-corrected chi connectivity index (χ3v) is 5.73. The first-order valence-electron chi connectivity index (χ1n) is 8.33. The van der Waals surface area contributed by atoms with Crippen molar-refractivity contribution in [2.75, 3.05) is 12.4 Å². The lowest BCUT2D eigenvalue weighted by Crippen LogP contribution is -2.33. The van der Waals surface area contributed by atoms with Crippen molar-refractivity contribution in [2.45, 2.75) is 18.3 Å². The van der Waals surface area contributed by atoms with Gasteiger partial charge in [0.2, 0.25) is 0 Å². The van der Waals surface area contributed by atoms with Crippen LogP contribution >= 0.6 is 27.7 Å². The second-order valence-corrected chi connectivity index (χ2v) is 7.86. The van der Waals surface area contributed by atoms with Gasteiger partial charge in [0.25, 0.3) is 0 Å². The van der Waals surface area contributed by atoms with Crippen LogP contribution in [0.3, 0.4) is 0 Å². The van der Waals surface area contributed by atoms with Gasteiger partial charge in [0.15, 0.2) is 11.5 Å². The first-order valence-corrected chi connectivity index (χ1v) is 10.2. The minimum atomic E-state index is -0.866. The summed E-state index contributed by atoms with van der Waals surface area (Å²) in [6.07, 6.45) is 0. The molecule has 2 N–H and O–H groups in total. The van der Waals surface area contributed by atoms with E-state index in [0.717, 1.165) is 10.0 Å². The minimum absolute atomic E-state index is 0.151. The topological polar surface area (TPSA) is 84.9 Å². The maximum absolute atomic E-state index is 12.4. The molecule has 1 fully saturated rings. The van der Waals surface area contributed by atoms with Crippen LogP contribution in [-0.2, 0) is 4.79 Å². The van der Waals surface area contributed by atoms with E-state index in [1.54, 1.807) is 36.4 Å². The number of hydrogen-bond donors (Lipinski definition) is 2. The standard InChI is InChI=1S/C19H18BrNO5S/c1-2-25-16-9-12(17-21-14(10-27-17)18(22)23)5-8-15(16)26-19(24)11-3-6-13(20)7-4-11/h3-9,14,17,21H,2,10H2,1H3,(H,22,23)/t14-,17+/m0/s1. The summed E-state index contributed by atoms with van der Waals surface area (Å²) in [5, 5.41) is 12.0. The van der Waals surface area contributed by atoms with Gasteiger partial charge in [0, 0.05) is 10.2 Å². The number of aliphatic carboxylic acids is 1. The number of ether oxygens (including phenoxy) is 2. The highest BCUT2D eigenvalue weighted by atomic mass is 79.9. The van der Waals surface area contributed by atoms with Crippen LogP contribution in [0.25, 0.3) is 0 Å². The number of carboxylic acids is 1. The molecular weight excluding hydrogens is 434 g/mol. The molecule has 2 atom stereocenters. The van der Waals surface area contributed by atoms with E-state index in [1.807, 2.05) is 13.0 Å². The van der Waals surface area contributed by atoms with E-state index in [4.69, 9.17) is 14.6 Å². The lowest BCUT2D eigenvalue weighted by Gasteiger charge is -2.16. The summed E-state index contributed by atoms with van der Waals surface area (Å²) < 4.78 is 12.0. The summed E-state index contributed by atoms with van der Waals surface area (Å²) in [4.78, 5) is 23.5. The molecule has 27 heavy (non-hydrogen) atoms. The van der Waals surface area contributed by atoms with Gasteiger partial charge in [0.1, 0.15) is 6.04 Å². The molecule has 8 heteroatoms. The lowest BCUT2D eigenvalue weighted by molar-refractivity contribution is -0.138. The van der Waals surface area contributed by atoms with Crippen LogP contribution < -0.4 is 14.8 Å². The van der Waals surface area contributed by atoms with E-state index in [9.17, 15) is 9.59 Å². The highest BCUT2D eigenvalue weighted by Gasteiger charge is 2.30. The zero-order valence-corrected chi connectivity index (χ0v) is 16.9. The predicted molar refractivity (Wildman–Crippen MR) is 106 cm³/mol. The van der Waals surface area contributed by atoms with Gasteiger partial charge in [-0.3, -0.25) is 10.1 Å². The van der Waals surface area contributed by atoms with Gasteiger partial charge in [-0.1, -0.05) is 22.0 Å². The van der Waals surface area contributed by atoms with Crippen LogP contribution in [-0.4, -0.2) is 35.4 Å². The van der Waals surface area contributed by atoms with Gasteiger partial charge < -0.3 is 14.6 Å². The first kappa shape index (κ1) is 19.7. The Hall–Kier alpha value is -2.03. The molecule has 0 aromatic heterocycles. The van der Waals surface area contributed by atoms with Crippen molar-refractivity contribution < 1.29 is 24.2 Å². The summed E-state index contributed by atoms with van der Waals surface area (Å²) in [6.45, 7) is 2.26. The van der Waals surface area contributed by atoms with Gasteiger partial charge in [-0.25, -0.2) is 4.79 Å². The van der Waals surface area contributed by atoms with E-state index < -0.39 is 18.0 Å². The van der Waals surface area contributed by atoms with Crippen molar-refractivity contribution in [1.82, 2.24) is 5.32 Å². The van der Waals surface area contributed by atoms with E-state index >= 15 is 0 Å². The third-order valence-electron chi connectivity index (χ3n) is 3.93. The minimum Gasteiger partial charge on any atom is -0.490 e. The number of hydrogen-bond acceptors (Lipinski definition) is 6. The predicted octanol–water partition coefficient (Wildman–Crippen LogP) is 3.86. The van der Waals surface area contributed by atoms with Crippen LogP contribution in [0.4, 0.5) is 0 Å². The molecule has 1 saturated heterocycles. The quantitative estimate of drug-likeness (QED) is 0.509. The van der Waals surface area contributed by atoms with E-state index in [1.165, 1.54) is 11.8 Å². The fourth-order valence-electron chi connectivity index (χ4n) is 2.59. The van der Waals surface area contributed by atoms with Crippen molar-refractivity contribution >= 4 is 39.6 Å². The van der Waals surface area contributed by atoms with Gasteiger partial charge in [-0.05, 0) is 48.9 Å². The molecule has 6 nitrogen and oxygen atoms in total. The highest BCUT2D eigenvalue weighted by Crippen LogP contribution is 2.37. The van der Waals surface area contributed by atoms with Crippen molar-refractivity contribution in [3.05, 3.63) is 58.1 Å². The maximum Gasteiger partial charge on any atom is 0.343 e. The Morgan fingerprint density at radius 3 is 2.59 bits per heavy atom. The van der Waals surface area contributed by atoms with Gasteiger partial charge in [-0.15, -0.1) is 11.8 Å². The second-order valence-electron chi connectivity index (χ2n) is 5.81. The molecule has 142 valence electrons. The van der Waals surface area contributed by atoms with E-state index in [-0.39, 0.29) is 5.37 Å². The third kappa shape index (κ3) is 4.82. The number of rotatable bonds is 6. The number of halogens is 1. The van der Waals surface area contributed by atoms with Crippen molar-refractivity contribution in [3.8, 4) is 11.5 Å². The number of carbonyl (C=O) groups is 2. The van der Waals surface area contributed by atoms with Crippen molar-refractivity contribution in [3.63, 3.8) is 0 Å². The molecule has 0 radical (unpaired) electrons. The molecule has 0 unspecified atom stereocenters. The van der Waals surface area contributed by atoms with Crippen molar-refractivity contribution in [2.24, 2.45) is 0 Å². The molecule has 2 aromatic rings. The largest absolute Gasteiger partial charge is 0.490 e. The molecule has 3 rings (SSSR count). The van der Waals surface area contributed by atoms with Crippen molar-refractivity contribution in [1.29, 1.82) is 0 Å². The normalized spacial score (nSPS) is 18.9. The van der Waals surface area contributed by atoms with Crippen LogP contribution in [0.15, 0.2) is 46.9 Å². The average molecular weight is 452 g/mol. The molecular formula is C19H18BrNO5S. The Balaban J connectivity index is 1.78. The summed E-state index contributed by atoms with van der Waals surface area (Å²) >= 11 is 4.85. The summed E-state index contributed by atoms with van der Waals surface area (Å²) in [5.74, 6) is -0.0805. The zero-order valence-electron chi connectivity index (χ0n) is 14.5. The number of carbonyl (C=O) groups excluding carboxylic acids is 1. The molecule has 0 bridgehead atoms. The lowest BCUT2D eigenvalue weighted by atomic mass is 10.1. The Labute approximate surface area is 169 Å². The average Bonchev–Trinajstić information content (AvgIpc) is 3.14. The molecule has 0 saturated carbocycles. The molecule has 2 aromatic carbocycles. The smallest absolute Gasteiger partial charge is 0.343 e. The number of benzene rings is 2. The van der Waals surface area contributed by atoms with Crippen LogP contribution in [0.2, 0.25) is 0 Å². The Kier molecular flexibility index (Phi) is 6.41. The summed E-state index contributed by atoms with van der Waals surface area (Å²) in [7, 11) is 0. The van der Waals surface area contributed by atoms with Gasteiger partial charge >= 0.3 is 11.9 Å². The highest BCUT2D eigenvalue weighted by molar-refractivity contribution is 9.10. The van der Waals surface area contributed by atoms with Crippen LogP contribution in [0.5, 0.6) is 11.5 Å². The Morgan fingerprint density at radius 2 is 1.96 bits per heavy atom. The zero-order chi connectivity index (χ0) is 19.4. The van der Waals surface area contributed by atoms with Crippen LogP contribution in [0.1, 0.15) is 28.2 Å². The second kappa shape index (κ2) is 8.77. The van der Waals surface area contributed by atoms with E-state index in [0.29, 0.717) is 29.4 Å². The SMILES string of the molecule is CCOc1cc([C@@H]2N[C@H](C(=O)O)CS2)ccc1OC(=O)c1ccc(Br)cc1. The molecule has 1 heterocycles. The van der Waals surface area contributed by atoms with Gasteiger partial charge in [0.05, 0.1) is 17.5 Å². The first-order chi connectivity index (χ1) is 13.0. The maximum atomic E-state index is 12.4. The van der Waals surface area contributed by atoms with Crippen LogP contribution in [0, 0.1) is 0 Å². The number of carboxylic acid groups (broad SMARTS) is 1. The summed E-state index contributed by atoms with van der Waals surface area (Å²) in [5.41, 5.74) is 1.30. The number of nitrogens with one attached hydrogen (secondary N) is 1. The van der Waals surface area contributed by atoms with Gasteiger partial charge in [-0.2, -0.15) is 0 Å². The molecule has 1 aliphatic rings. The molecule has 0 aliphatic carbocycles. The number of thioether (sulfide) groups is 1. The van der Waals surface area contributed by atoms with E-state index in [2.05, 4.69) is 21.2 Å². The Bertz CT molecular complexity index is 842. The molecule has 0 spiro atoms. The fraction of sp³-hybridized carbons (Fsp3) is 0.263.